The maximum Gasteiger partial charge on any atom is 0.178 e. The van der Waals surface area contributed by atoms with Gasteiger partial charge in [-0.1, -0.05) is 57.2 Å². The topological polar surface area (TPSA) is 58.7 Å². The van der Waals surface area contributed by atoms with Crippen LogP contribution in [0.3, 0.4) is 0 Å². The van der Waals surface area contributed by atoms with Gasteiger partial charge in [-0.2, -0.15) is 10.4 Å². The molecule has 0 saturated heterocycles. The van der Waals surface area contributed by atoms with E-state index in [1.54, 1.807) is 0 Å². The van der Waals surface area contributed by atoms with E-state index in [0.29, 0.717) is 0 Å². The Morgan fingerprint density at radius 2 is 1.96 bits per heavy atom. The summed E-state index contributed by atoms with van der Waals surface area (Å²) >= 11 is 0. The van der Waals surface area contributed by atoms with Gasteiger partial charge in [-0.25, -0.2) is 0 Å². The summed E-state index contributed by atoms with van der Waals surface area (Å²) in [6, 6.07) is 12.6. The van der Waals surface area contributed by atoms with Gasteiger partial charge in [-0.3, -0.25) is 9.48 Å². The fourth-order valence-corrected chi connectivity index (χ4v) is 5.30. The molecule has 0 saturated carbocycles. The molecule has 0 N–H and O–H groups in total. The number of benzene rings is 1. The number of nitriles is 1. The number of fused-ring (bicyclic) bond motifs is 3. The van der Waals surface area contributed by atoms with Crippen LogP contribution in [0, 0.1) is 22.7 Å². The standard InChI is InChI=1S/C23H25N3O/c1-22(2)19-11-10-17-18(12-15-8-6-5-7-9-15)26(4)25-20(17)23(19,3)13-16(14-24)21(22)27/h5-9,13,19H,10-12H2,1-4H3/t19?,23-/m0/s1. The Balaban J connectivity index is 1.86. The van der Waals surface area contributed by atoms with E-state index in [-0.39, 0.29) is 22.7 Å². The van der Waals surface area contributed by atoms with Gasteiger partial charge in [0.05, 0.1) is 11.3 Å². The van der Waals surface area contributed by atoms with E-state index < -0.39 is 5.41 Å². The van der Waals surface area contributed by atoms with Crippen LogP contribution in [0.25, 0.3) is 0 Å². The zero-order valence-corrected chi connectivity index (χ0v) is 16.4. The van der Waals surface area contributed by atoms with Crippen LogP contribution in [0.15, 0.2) is 42.0 Å². The van der Waals surface area contributed by atoms with Crippen LogP contribution >= 0.6 is 0 Å². The number of rotatable bonds is 2. The van der Waals surface area contributed by atoms with Gasteiger partial charge < -0.3 is 0 Å². The molecule has 4 nitrogen and oxygen atoms in total. The molecule has 4 heteroatoms. The lowest BCUT2D eigenvalue weighted by Crippen LogP contribution is -2.51. The lowest BCUT2D eigenvalue weighted by molar-refractivity contribution is -0.128. The molecular formula is C23H25N3O. The van der Waals surface area contributed by atoms with Gasteiger partial charge in [-0.05, 0) is 29.9 Å². The van der Waals surface area contributed by atoms with Crippen molar-refractivity contribution in [2.24, 2.45) is 18.4 Å². The van der Waals surface area contributed by atoms with Crippen LogP contribution in [-0.4, -0.2) is 15.6 Å². The van der Waals surface area contributed by atoms with Gasteiger partial charge in [-0.15, -0.1) is 0 Å². The largest absolute Gasteiger partial charge is 0.293 e. The minimum atomic E-state index is -0.552. The summed E-state index contributed by atoms with van der Waals surface area (Å²) < 4.78 is 1.99. The van der Waals surface area contributed by atoms with Crippen molar-refractivity contribution in [2.45, 2.75) is 45.4 Å². The van der Waals surface area contributed by atoms with Crippen LogP contribution in [0.1, 0.15) is 49.7 Å². The van der Waals surface area contributed by atoms with Crippen LogP contribution in [0.4, 0.5) is 0 Å². The number of carbonyl (C=O) groups is 1. The molecule has 138 valence electrons. The third kappa shape index (κ3) is 2.49. The number of aromatic nitrogens is 2. The second kappa shape index (κ2) is 5.92. The summed E-state index contributed by atoms with van der Waals surface area (Å²) in [4.78, 5) is 12.8. The lowest BCUT2D eigenvalue weighted by Gasteiger charge is -2.49. The predicted molar refractivity (Wildman–Crippen MR) is 104 cm³/mol. The average Bonchev–Trinajstić information content (AvgIpc) is 2.96. The van der Waals surface area contributed by atoms with Gasteiger partial charge in [0.15, 0.2) is 5.78 Å². The third-order valence-electron chi connectivity index (χ3n) is 6.67. The molecule has 1 heterocycles. The molecule has 0 spiro atoms. The zero-order chi connectivity index (χ0) is 19.4. The summed E-state index contributed by atoms with van der Waals surface area (Å²) in [5.74, 6) is 0.123. The molecule has 1 aromatic carbocycles. The first kappa shape index (κ1) is 17.7. The Labute approximate surface area is 160 Å². The fourth-order valence-electron chi connectivity index (χ4n) is 5.30. The molecule has 0 bridgehead atoms. The maximum absolute atomic E-state index is 12.8. The first-order valence-corrected chi connectivity index (χ1v) is 9.56. The van der Waals surface area contributed by atoms with E-state index in [4.69, 9.17) is 5.10 Å². The van der Waals surface area contributed by atoms with Crippen molar-refractivity contribution in [3.8, 4) is 6.07 Å². The molecule has 4 rings (SSSR count). The molecule has 27 heavy (non-hydrogen) atoms. The number of nitrogens with zero attached hydrogens (tertiary/aromatic N) is 3. The Morgan fingerprint density at radius 3 is 2.63 bits per heavy atom. The number of aryl methyl sites for hydroxylation is 1. The van der Waals surface area contributed by atoms with E-state index >= 15 is 0 Å². The van der Waals surface area contributed by atoms with Crippen molar-refractivity contribution >= 4 is 5.78 Å². The highest BCUT2D eigenvalue weighted by molar-refractivity contribution is 6.04. The van der Waals surface area contributed by atoms with Gasteiger partial charge in [0.2, 0.25) is 0 Å². The minimum absolute atomic E-state index is 0.0311. The second-order valence-electron chi connectivity index (χ2n) is 8.65. The van der Waals surface area contributed by atoms with Crippen LogP contribution in [-0.2, 0) is 30.1 Å². The number of carbonyl (C=O) groups excluding carboxylic acids is 1. The van der Waals surface area contributed by atoms with E-state index in [2.05, 4.69) is 37.3 Å². The summed E-state index contributed by atoms with van der Waals surface area (Å²) in [6.07, 6.45) is 4.60. The van der Waals surface area contributed by atoms with E-state index in [1.807, 2.05) is 37.7 Å². The second-order valence-corrected chi connectivity index (χ2v) is 8.65. The SMILES string of the molecule is Cn1nc2c(c1Cc1ccccc1)CCC1C(C)(C)C(=O)C(C#N)=C[C@]21C. The molecule has 0 radical (unpaired) electrons. The molecule has 0 fully saturated rings. The van der Waals surface area contributed by atoms with E-state index in [0.717, 1.165) is 25.0 Å². The van der Waals surface area contributed by atoms with E-state index in [1.165, 1.54) is 16.8 Å². The smallest absolute Gasteiger partial charge is 0.178 e. The lowest BCUT2D eigenvalue weighted by atomic mass is 9.52. The molecule has 2 atom stereocenters. The number of allylic oxidation sites excluding steroid dienone is 2. The highest BCUT2D eigenvalue weighted by atomic mass is 16.1. The first-order valence-electron chi connectivity index (χ1n) is 9.56. The van der Waals surface area contributed by atoms with Crippen LogP contribution < -0.4 is 0 Å². The van der Waals surface area contributed by atoms with Gasteiger partial charge in [0, 0.05) is 30.0 Å². The summed E-state index contributed by atoms with van der Waals surface area (Å²) in [6.45, 7) is 6.13. The monoisotopic (exact) mass is 359 g/mol. The van der Waals surface area contributed by atoms with Gasteiger partial charge in [0.1, 0.15) is 6.07 Å². The maximum atomic E-state index is 12.8. The summed E-state index contributed by atoms with van der Waals surface area (Å²) in [5.41, 5.74) is 4.17. The number of ketones is 1. The van der Waals surface area contributed by atoms with Crippen molar-refractivity contribution in [3.63, 3.8) is 0 Å². The number of hydrogen-bond acceptors (Lipinski definition) is 3. The predicted octanol–water partition coefficient (Wildman–Crippen LogP) is 3.89. The Morgan fingerprint density at radius 1 is 1.26 bits per heavy atom. The van der Waals surface area contributed by atoms with Crippen molar-refractivity contribution in [1.82, 2.24) is 9.78 Å². The number of Topliss-reactive ketones (excluding diaryl/α,β-unsaturated/α-hetero) is 1. The van der Waals surface area contributed by atoms with Crippen LogP contribution in [0.2, 0.25) is 0 Å². The van der Waals surface area contributed by atoms with Crippen LogP contribution in [0.5, 0.6) is 0 Å². The Hall–Kier alpha value is -2.67. The molecule has 2 aromatic rings. The average molecular weight is 359 g/mol. The Kier molecular flexibility index (Phi) is 3.89. The fraction of sp³-hybridized carbons (Fsp3) is 0.435. The highest BCUT2D eigenvalue weighted by Crippen LogP contribution is 2.54. The Bertz CT molecular complexity index is 991. The van der Waals surface area contributed by atoms with Crippen molar-refractivity contribution in [2.75, 3.05) is 0 Å². The first-order chi connectivity index (χ1) is 12.8. The molecular weight excluding hydrogens is 334 g/mol. The highest BCUT2D eigenvalue weighted by Gasteiger charge is 2.55. The molecule has 0 amide bonds. The van der Waals surface area contributed by atoms with Gasteiger partial charge in [0.25, 0.3) is 0 Å². The third-order valence-corrected chi connectivity index (χ3v) is 6.67. The molecule has 2 aliphatic rings. The van der Waals surface area contributed by atoms with Crippen molar-refractivity contribution in [1.29, 1.82) is 5.26 Å². The zero-order valence-electron chi connectivity index (χ0n) is 16.4. The van der Waals surface area contributed by atoms with Crippen molar-refractivity contribution < 1.29 is 4.79 Å². The quantitative estimate of drug-likeness (QED) is 0.817. The molecule has 0 aliphatic heterocycles. The molecule has 2 aliphatic carbocycles. The number of hydrogen-bond donors (Lipinski definition) is 0. The van der Waals surface area contributed by atoms with E-state index in [9.17, 15) is 10.1 Å². The molecule has 1 aromatic heterocycles. The summed E-state index contributed by atoms with van der Waals surface area (Å²) in [7, 11) is 2.00. The molecule has 1 unspecified atom stereocenters. The normalized spacial score (nSPS) is 26.0. The van der Waals surface area contributed by atoms with Gasteiger partial charge >= 0.3 is 0 Å². The van der Waals surface area contributed by atoms with Crippen molar-refractivity contribution in [3.05, 3.63) is 64.5 Å². The summed E-state index contributed by atoms with van der Waals surface area (Å²) in [5, 5.41) is 14.5. The minimum Gasteiger partial charge on any atom is -0.293 e.